The van der Waals surface area contributed by atoms with Crippen molar-refractivity contribution in [3.8, 4) is 0 Å². The van der Waals surface area contributed by atoms with Crippen LogP contribution in [-0.4, -0.2) is 0 Å². The van der Waals surface area contributed by atoms with E-state index < -0.39 is 0 Å². The minimum absolute atomic E-state index is 0.937. The van der Waals surface area contributed by atoms with Crippen LogP contribution in [0.25, 0.3) is 0 Å². The summed E-state index contributed by atoms with van der Waals surface area (Å²) in [6, 6.07) is 0. The van der Waals surface area contributed by atoms with Crippen LogP contribution in [0, 0.1) is 23.7 Å². The first-order chi connectivity index (χ1) is 6.09. The lowest BCUT2D eigenvalue weighted by molar-refractivity contribution is 0.541. The van der Waals surface area contributed by atoms with E-state index in [9.17, 15) is 0 Å². The first kappa shape index (κ1) is 11.1. The zero-order valence-corrected chi connectivity index (χ0v) is 9.84. The van der Waals surface area contributed by atoms with E-state index in [-0.39, 0.29) is 0 Å². The van der Waals surface area contributed by atoms with Crippen molar-refractivity contribution in [2.45, 2.75) is 59.8 Å². The van der Waals surface area contributed by atoms with Crippen molar-refractivity contribution in [3.63, 3.8) is 0 Å². The molecule has 0 saturated heterocycles. The van der Waals surface area contributed by atoms with Crippen LogP contribution in [0.1, 0.15) is 59.8 Å². The van der Waals surface area contributed by atoms with Crippen molar-refractivity contribution < 1.29 is 0 Å². The second kappa shape index (κ2) is 5.02. The second-order valence-electron chi connectivity index (χ2n) is 5.65. The van der Waals surface area contributed by atoms with Crippen LogP contribution >= 0.6 is 0 Å². The maximum Gasteiger partial charge on any atom is -0.0391 e. The third-order valence-corrected chi connectivity index (χ3v) is 3.07. The van der Waals surface area contributed by atoms with Gasteiger partial charge in [-0.15, -0.1) is 0 Å². The summed E-state index contributed by atoms with van der Waals surface area (Å²) in [7, 11) is 0. The molecule has 2 aliphatic rings. The Bertz CT molecular complexity index is 127. The molecular formula is C13H26. The summed E-state index contributed by atoms with van der Waals surface area (Å²) >= 11 is 0. The van der Waals surface area contributed by atoms with Gasteiger partial charge in [0.1, 0.15) is 0 Å². The highest BCUT2D eigenvalue weighted by Gasteiger charge is 2.24. The summed E-state index contributed by atoms with van der Waals surface area (Å²) in [6.07, 6.45) is 7.49. The molecule has 0 aliphatic heterocycles. The fourth-order valence-corrected chi connectivity index (χ4v) is 1.78. The highest BCUT2D eigenvalue weighted by molar-refractivity contribution is 4.75. The lowest BCUT2D eigenvalue weighted by Gasteiger charge is -1.98. The van der Waals surface area contributed by atoms with Gasteiger partial charge in [-0.3, -0.25) is 0 Å². The predicted octanol–water partition coefficient (Wildman–Crippen LogP) is 4.49. The van der Waals surface area contributed by atoms with Crippen molar-refractivity contribution in [1.82, 2.24) is 0 Å². The fraction of sp³-hybridized carbons (Fsp3) is 1.00. The van der Waals surface area contributed by atoms with E-state index in [1.54, 1.807) is 0 Å². The quantitative estimate of drug-likeness (QED) is 0.603. The summed E-state index contributed by atoms with van der Waals surface area (Å²) in [4.78, 5) is 0. The Kier molecular flexibility index (Phi) is 4.28. The smallest absolute Gasteiger partial charge is 0.0391 e. The molecule has 0 aromatic carbocycles. The Hall–Kier alpha value is 0. The number of hydrogen-bond acceptors (Lipinski definition) is 0. The first-order valence-corrected chi connectivity index (χ1v) is 6.09. The van der Waals surface area contributed by atoms with Gasteiger partial charge in [-0.25, -0.2) is 0 Å². The SMILES string of the molecule is CC(C)C1CC1.CC(C)CC1CC1. The van der Waals surface area contributed by atoms with Gasteiger partial charge in [0.2, 0.25) is 0 Å². The van der Waals surface area contributed by atoms with Gasteiger partial charge in [-0.2, -0.15) is 0 Å². The standard InChI is InChI=1S/C7H14.C6H12/c1-6(2)5-7-3-4-7;1-5(2)6-3-4-6/h6-7H,3-5H2,1-2H3;5-6H,3-4H2,1-2H3. The molecule has 0 spiro atoms. The minimum Gasteiger partial charge on any atom is -0.0628 e. The third-order valence-electron chi connectivity index (χ3n) is 3.07. The van der Waals surface area contributed by atoms with Crippen LogP contribution in [0.4, 0.5) is 0 Å². The van der Waals surface area contributed by atoms with Crippen molar-refractivity contribution in [3.05, 3.63) is 0 Å². The lowest BCUT2D eigenvalue weighted by Crippen LogP contribution is -1.86. The van der Waals surface area contributed by atoms with Gasteiger partial charge in [0, 0.05) is 0 Å². The van der Waals surface area contributed by atoms with Crippen LogP contribution in [0.3, 0.4) is 0 Å². The van der Waals surface area contributed by atoms with Gasteiger partial charge in [0.15, 0.2) is 0 Å². The highest BCUT2D eigenvalue weighted by Crippen LogP contribution is 2.35. The molecule has 0 N–H and O–H groups in total. The molecule has 0 aromatic rings. The van der Waals surface area contributed by atoms with Crippen LogP contribution < -0.4 is 0 Å². The molecule has 2 rings (SSSR count). The Labute approximate surface area is 84.1 Å². The van der Waals surface area contributed by atoms with Crippen LogP contribution in [-0.2, 0) is 0 Å². The molecule has 0 nitrogen and oxygen atoms in total. The average molecular weight is 182 g/mol. The molecule has 78 valence electrons. The second-order valence-corrected chi connectivity index (χ2v) is 5.65. The maximum absolute atomic E-state index is 2.30. The van der Waals surface area contributed by atoms with Crippen molar-refractivity contribution in [2.24, 2.45) is 23.7 Å². The molecule has 2 aliphatic carbocycles. The van der Waals surface area contributed by atoms with Gasteiger partial charge in [0.25, 0.3) is 0 Å². The predicted molar refractivity (Wildman–Crippen MR) is 59.7 cm³/mol. The number of rotatable bonds is 3. The Morgan fingerprint density at radius 2 is 1.46 bits per heavy atom. The molecular weight excluding hydrogens is 156 g/mol. The summed E-state index contributed by atoms with van der Waals surface area (Å²) in [5.74, 6) is 4.13. The average Bonchev–Trinajstić information content (AvgIpc) is 2.82. The Morgan fingerprint density at radius 1 is 0.923 bits per heavy atom. The van der Waals surface area contributed by atoms with Crippen LogP contribution in [0.15, 0.2) is 0 Å². The van der Waals surface area contributed by atoms with Gasteiger partial charge in [-0.1, -0.05) is 40.5 Å². The minimum atomic E-state index is 0.937. The monoisotopic (exact) mass is 182 g/mol. The zero-order valence-electron chi connectivity index (χ0n) is 9.84. The highest BCUT2D eigenvalue weighted by atomic mass is 14.3. The van der Waals surface area contributed by atoms with Crippen molar-refractivity contribution in [1.29, 1.82) is 0 Å². The molecule has 0 radical (unpaired) electrons. The largest absolute Gasteiger partial charge is 0.0628 e. The van der Waals surface area contributed by atoms with E-state index in [0.717, 1.165) is 23.7 Å². The Balaban J connectivity index is 0.000000132. The molecule has 0 heterocycles. The van der Waals surface area contributed by atoms with E-state index in [4.69, 9.17) is 0 Å². The maximum atomic E-state index is 2.30. The molecule has 2 saturated carbocycles. The summed E-state index contributed by atoms with van der Waals surface area (Å²) in [5, 5.41) is 0. The van der Waals surface area contributed by atoms with E-state index in [2.05, 4.69) is 27.7 Å². The lowest BCUT2D eigenvalue weighted by atomic mass is 10.1. The Morgan fingerprint density at radius 3 is 1.54 bits per heavy atom. The van der Waals surface area contributed by atoms with Crippen molar-refractivity contribution >= 4 is 0 Å². The molecule has 0 bridgehead atoms. The number of hydrogen-bond donors (Lipinski definition) is 0. The van der Waals surface area contributed by atoms with E-state index in [0.29, 0.717) is 0 Å². The normalized spacial score (nSPS) is 21.7. The van der Waals surface area contributed by atoms with E-state index >= 15 is 0 Å². The van der Waals surface area contributed by atoms with Crippen molar-refractivity contribution in [2.75, 3.05) is 0 Å². The van der Waals surface area contributed by atoms with Crippen LogP contribution in [0.2, 0.25) is 0 Å². The molecule has 0 unspecified atom stereocenters. The first-order valence-electron chi connectivity index (χ1n) is 6.09. The molecule has 13 heavy (non-hydrogen) atoms. The van der Waals surface area contributed by atoms with Gasteiger partial charge < -0.3 is 0 Å². The fourth-order valence-electron chi connectivity index (χ4n) is 1.78. The molecule has 0 aromatic heterocycles. The van der Waals surface area contributed by atoms with Gasteiger partial charge in [0.05, 0.1) is 0 Å². The molecule has 0 heteroatoms. The summed E-state index contributed by atoms with van der Waals surface area (Å²) < 4.78 is 0. The van der Waals surface area contributed by atoms with E-state index in [1.165, 1.54) is 32.1 Å². The van der Waals surface area contributed by atoms with E-state index in [1.807, 2.05) is 0 Å². The summed E-state index contributed by atoms with van der Waals surface area (Å²) in [6.45, 7) is 9.21. The zero-order chi connectivity index (χ0) is 9.84. The topological polar surface area (TPSA) is 0 Å². The van der Waals surface area contributed by atoms with Crippen LogP contribution in [0.5, 0.6) is 0 Å². The summed E-state index contributed by atoms with van der Waals surface area (Å²) in [5.41, 5.74) is 0. The van der Waals surface area contributed by atoms with Gasteiger partial charge in [-0.05, 0) is 42.9 Å². The molecule has 0 atom stereocenters. The molecule has 0 amide bonds. The van der Waals surface area contributed by atoms with Gasteiger partial charge >= 0.3 is 0 Å². The third kappa shape index (κ3) is 6.12. The molecule has 2 fully saturated rings.